The van der Waals surface area contributed by atoms with E-state index in [0.717, 1.165) is 20.8 Å². The van der Waals surface area contributed by atoms with Gasteiger partial charge in [-0.3, -0.25) is 9.59 Å². The van der Waals surface area contributed by atoms with E-state index < -0.39 is 0 Å². The van der Waals surface area contributed by atoms with E-state index in [4.69, 9.17) is 0 Å². The molecule has 1 aliphatic rings. The average molecular weight is 366 g/mol. The summed E-state index contributed by atoms with van der Waals surface area (Å²) in [5.74, 6) is -0.555. The highest BCUT2D eigenvalue weighted by atomic mass is 79.9. The largest absolute Gasteiger partial charge is 0.268 e. The number of para-hydroxylation sites is 1. The molecule has 3 aromatic carbocycles. The normalized spacial score (nSPS) is 13.7. The van der Waals surface area contributed by atoms with E-state index in [0.29, 0.717) is 16.8 Å². The fraction of sp³-hybridized carbons (Fsp3) is 0.0526. The molecule has 0 radical (unpaired) electrons. The summed E-state index contributed by atoms with van der Waals surface area (Å²) in [6, 6.07) is 16.6. The van der Waals surface area contributed by atoms with Crippen molar-refractivity contribution in [1.82, 2.24) is 0 Å². The van der Waals surface area contributed by atoms with Gasteiger partial charge in [0.05, 0.1) is 5.69 Å². The smallest absolute Gasteiger partial charge is 0.265 e. The minimum Gasteiger partial charge on any atom is -0.268 e. The maximum Gasteiger partial charge on any atom is 0.265 e. The van der Waals surface area contributed by atoms with Crippen LogP contribution < -0.4 is 4.90 Å². The number of carbonyl (C=O) groups excluding carboxylic acids is 2. The number of carbonyl (C=O) groups is 2. The van der Waals surface area contributed by atoms with Crippen molar-refractivity contribution >= 4 is 44.2 Å². The van der Waals surface area contributed by atoms with Crippen molar-refractivity contribution in [2.75, 3.05) is 4.90 Å². The molecule has 23 heavy (non-hydrogen) atoms. The number of hydrogen-bond acceptors (Lipinski definition) is 2. The lowest BCUT2D eigenvalue weighted by Gasteiger charge is -2.28. The lowest BCUT2D eigenvalue weighted by atomic mass is 9.93. The number of benzene rings is 3. The maximum atomic E-state index is 13.0. The number of nitrogens with zero attached hydrogens (tertiary/aromatic N) is 1. The van der Waals surface area contributed by atoms with Crippen LogP contribution in [-0.4, -0.2) is 11.8 Å². The van der Waals surface area contributed by atoms with Crippen LogP contribution in [0.25, 0.3) is 10.8 Å². The molecular weight excluding hydrogens is 354 g/mol. The molecule has 2 amide bonds. The van der Waals surface area contributed by atoms with Gasteiger partial charge in [-0.1, -0.05) is 46.3 Å². The number of imide groups is 1. The van der Waals surface area contributed by atoms with E-state index in [2.05, 4.69) is 15.9 Å². The number of rotatable bonds is 1. The van der Waals surface area contributed by atoms with Gasteiger partial charge in [-0.15, -0.1) is 0 Å². The van der Waals surface area contributed by atoms with E-state index in [-0.39, 0.29) is 11.8 Å². The standard InChI is InChI=1S/C19H12BrNO2/c1-11-5-2-3-8-16(11)21-18(22)13-7-4-6-12-15(20)10-9-14(17(12)13)19(21)23/h2-10H,1H3. The third-order valence-electron chi connectivity index (χ3n) is 4.21. The fourth-order valence-electron chi connectivity index (χ4n) is 3.09. The Morgan fingerprint density at radius 2 is 1.52 bits per heavy atom. The summed E-state index contributed by atoms with van der Waals surface area (Å²) in [7, 11) is 0. The summed E-state index contributed by atoms with van der Waals surface area (Å²) in [4.78, 5) is 27.2. The Kier molecular flexibility index (Phi) is 3.10. The number of halogens is 1. The maximum absolute atomic E-state index is 13.0. The van der Waals surface area contributed by atoms with Gasteiger partial charge < -0.3 is 0 Å². The Bertz CT molecular complexity index is 972. The van der Waals surface area contributed by atoms with Crippen molar-refractivity contribution in [2.45, 2.75) is 6.92 Å². The van der Waals surface area contributed by atoms with Crippen molar-refractivity contribution in [3.8, 4) is 0 Å². The lowest BCUT2D eigenvalue weighted by molar-refractivity contribution is 0.0893. The van der Waals surface area contributed by atoms with Crippen molar-refractivity contribution in [1.29, 1.82) is 0 Å². The zero-order valence-corrected chi connectivity index (χ0v) is 13.9. The average Bonchev–Trinajstić information content (AvgIpc) is 2.56. The molecule has 0 bridgehead atoms. The first kappa shape index (κ1) is 14.2. The van der Waals surface area contributed by atoms with Crippen LogP contribution in [0.5, 0.6) is 0 Å². The first-order chi connectivity index (χ1) is 11.1. The third kappa shape index (κ3) is 1.95. The van der Waals surface area contributed by atoms with Crippen LogP contribution in [0.1, 0.15) is 26.3 Å². The zero-order valence-electron chi connectivity index (χ0n) is 12.3. The second kappa shape index (κ2) is 5.03. The number of hydrogen-bond donors (Lipinski definition) is 0. The second-order valence-electron chi connectivity index (χ2n) is 5.56. The quantitative estimate of drug-likeness (QED) is 0.585. The Labute approximate surface area is 141 Å². The summed E-state index contributed by atoms with van der Waals surface area (Å²) in [6.45, 7) is 1.90. The van der Waals surface area contributed by atoms with Crippen LogP contribution in [0.15, 0.2) is 59.1 Å². The minimum absolute atomic E-state index is 0.277. The molecule has 0 atom stereocenters. The third-order valence-corrected chi connectivity index (χ3v) is 4.90. The molecule has 3 nitrogen and oxygen atoms in total. The molecule has 0 saturated carbocycles. The Hall–Kier alpha value is -2.46. The van der Waals surface area contributed by atoms with Crippen LogP contribution >= 0.6 is 15.9 Å². The van der Waals surface area contributed by atoms with Gasteiger partial charge >= 0.3 is 0 Å². The highest BCUT2D eigenvalue weighted by molar-refractivity contribution is 9.10. The number of amides is 2. The second-order valence-corrected chi connectivity index (χ2v) is 6.41. The van der Waals surface area contributed by atoms with Crippen molar-refractivity contribution < 1.29 is 9.59 Å². The van der Waals surface area contributed by atoms with E-state index in [9.17, 15) is 9.59 Å². The van der Waals surface area contributed by atoms with Crippen LogP contribution in [0.4, 0.5) is 5.69 Å². The van der Waals surface area contributed by atoms with E-state index in [1.54, 1.807) is 18.2 Å². The van der Waals surface area contributed by atoms with Crippen LogP contribution in [0.2, 0.25) is 0 Å². The molecular formula is C19H12BrNO2. The van der Waals surface area contributed by atoms with Gasteiger partial charge in [0.1, 0.15) is 0 Å². The van der Waals surface area contributed by atoms with Crippen molar-refractivity contribution in [2.24, 2.45) is 0 Å². The SMILES string of the molecule is Cc1ccccc1N1C(=O)c2cccc3c(Br)ccc(c23)C1=O. The molecule has 0 N–H and O–H groups in total. The molecule has 0 fully saturated rings. The first-order valence-corrected chi connectivity index (χ1v) is 8.04. The Morgan fingerprint density at radius 3 is 2.26 bits per heavy atom. The highest BCUT2D eigenvalue weighted by Crippen LogP contribution is 2.36. The van der Waals surface area contributed by atoms with Crippen molar-refractivity contribution in [3.63, 3.8) is 0 Å². The molecule has 0 spiro atoms. The summed E-state index contributed by atoms with van der Waals surface area (Å²) >= 11 is 3.49. The van der Waals surface area contributed by atoms with Crippen LogP contribution in [0, 0.1) is 6.92 Å². The fourth-order valence-corrected chi connectivity index (χ4v) is 3.56. The Morgan fingerprint density at radius 1 is 0.826 bits per heavy atom. The van der Waals surface area contributed by atoms with Gasteiger partial charge in [-0.05, 0) is 42.1 Å². The summed E-state index contributed by atoms with van der Waals surface area (Å²) in [5.41, 5.74) is 2.64. The molecule has 4 rings (SSSR count). The van der Waals surface area contributed by atoms with Crippen LogP contribution in [0.3, 0.4) is 0 Å². The summed E-state index contributed by atoms with van der Waals surface area (Å²) in [6.07, 6.45) is 0. The predicted octanol–water partition coefficient (Wildman–Crippen LogP) is 4.71. The molecule has 4 heteroatoms. The van der Waals surface area contributed by atoms with Gasteiger partial charge in [0.25, 0.3) is 11.8 Å². The van der Waals surface area contributed by atoms with Gasteiger partial charge in [-0.25, -0.2) is 4.90 Å². The molecule has 3 aromatic rings. The van der Waals surface area contributed by atoms with Crippen LogP contribution in [-0.2, 0) is 0 Å². The molecule has 112 valence electrons. The zero-order chi connectivity index (χ0) is 16.1. The van der Waals surface area contributed by atoms with E-state index in [1.807, 2.05) is 43.3 Å². The van der Waals surface area contributed by atoms with E-state index in [1.165, 1.54) is 4.90 Å². The molecule has 1 aliphatic heterocycles. The van der Waals surface area contributed by atoms with E-state index >= 15 is 0 Å². The predicted molar refractivity (Wildman–Crippen MR) is 94.0 cm³/mol. The van der Waals surface area contributed by atoms with Gasteiger partial charge in [0.15, 0.2) is 0 Å². The minimum atomic E-state index is -0.277. The molecule has 1 heterocycles. The van der Waals surface area contributed by atoms with Gasteiger partial charge in [-0.2, -0.15) is 0 Å². The van der Waals surface area contributed by atoms with Gasteiger partial charge in [0.2, 0.25) is 0 Å². The highest BCUT2D eigenvalue weighted by Gasteiger charge is 2.34. The van der Waals surface area contributed by atoms with Gasteiger partial charge in [0, 0.05) is 21.0 Å². The first-order valence-electron chi connectivity index (χ1n) is 7.25. The Balaban J connectivity index is 2.04. The number of anilines is 1. The molecule has 0 aromatic heterocycles. The lowest BCUT2D eigenvalue weighted by Crippen LogP contribution is -2.40. The van der Waals surface area contributed by atoms with Crippen molar-refractivity contribution in [3.05, 3.63) is 75.8 Å². The summed E-state index contributed by atoms with van der Waals surface area (Å²) < 4.78 is 0.878. The monoisotopic (exact) mass is 365 g/mol. The molecule has 0 unspecified atom stereocenters. The molecule has 0 saturated heterocycles. The number of aryl methyl sites for hydroxylation is 1. The molecule has 0 aliphatic carbocycles. The summed E-state index contributed by atoms with van der Waals surface area (Å²) in [5, 5.41) is 1.60. The topological polar surface area (TPSA) is 37.4 Å².